The first-order valence-corrected chi connectivity index (χ1v) is 7.27. The lowest BCUT2D eigenvalue weighted by atomic mass is 9.71. The number of carboxylic acid groups (broad SMARTS) is 1. The van der Waals surface area contributed by atoms with Gasteiger partial charge in [0.2, 0.25) is 0 Å². The van der Waals surface area contributed by atoms with Crippen LogP contribution in [0.4, 0.5) is 4.79 Å². The van der Waals surface area contributed by atoms with Gasteiger partial charge in [-0.3, -0.25) is 4.79 Å². The topological polar surface area (TPSA) is 78.4 Å². The van der Waals surface area contributed by atoms with Crippen LogP contribution in [0.15, 0.2) is 0 Å². The van der Waals surface area contributed by atoms with E-state index in [1.54, 1.807) is 0 Å². The molecule has 0 aromatic carbocycles. The minimum absolute atomic E-state index is 0.230. The van der Waals surface area contributed by atoms with E-state index < -0.39 is 11.4 Å². The predicted molar refractivity (Wildman–Crippen MR) is 71.8 cm³/mol. The van der Waals surface area contributed by atoms with E-state index in [2.05, 4.69) is 17.6 Å². The Kier molecular flexibility index (Phi) is 4.32. The Morgan fingerprint density at radius 1 is 1.16 bits per heavy atom. The fraction of sp³-hybridized carbons (Fsp3) is 0.857. The van der Waals surface area contributed by atoms with E-state index in [9.17, 15) is 14.7 Å². The number of hydrogen-bond acceptors (Lipinski definition) is 2. The van der Waals surface area contributed by atoms with Crippen molar-refractivity contribution in [3.05, 3.63) is 0 Å². The number of carbonyl (C=O) groups excluding carboxylic acids is 1. The summed E-state index contributed by atoms with van der Waals surface area (Å²) >= 11 is 0. The molecule has 0 aromatic heterocycles. The number of carbonyl (C=O) groups is 2. The van der Waals surface area contributed by atoms with Gasteiger partial charge in [-0.2, -0.15) is 0 Å². The molecule has 0 radical (unpaired) electrons. The molecule has 19 heavy (non-hydrogen) atoms. The van der Waals surface area contributed by atoms with Crippen molar-refractivity contribution in [2.75, 3.05) is 13.1 Å². The van der Waals surface area contributed by atoms with Crippen molar-refractivity contribution >= 4 is 12.0 Å². The molecule has 0 aromatic rings. The van der Waals surface area contributed by atoms with Crippen LogP contribution in [-0.4, -0.2) is 30.2 Å². The molecule has 2 aliphatic rings. The van der Waals surface area contributed by atoms with E-state index in [1.807, 2.05) is 0 Å². The molecule has 3 N–H and O–H groups in total. The zero-order chi connectivity index (χ0) is 13.9. The average molecular weight is 268 g/mol. The van der Waals surface area contributed by atoms with Gasteiger partial charge in [-0.15, -0.1) is 0 Å². The lowest BCUT2D eigenvalue weighted by Crippen LogP contribution is -2.48. The summed E-state index contributed by atoms with van der Waals surface area (Å²) in [5, 5.41) is 15.0. The standard InChI is InChI=1S/C14H24N2O3/c1-10-4-6-14(7-5-10,12(17)18)9-16-13(19)15-8-11-2-3-11/h10-11H,2-9H2,1H3,(H,17,18)(H2,15,16,19). The molecule has 0 unspecified atom stereocenters. The maximum absolute atomic E-state index is 11.6. The Hall–Kier alpha value is -1.26. The fourth-order valence-corrected chi connectivity index (χ4v) is 2.65. The molecule has 108 valence electrons. The normalized spacial score (nSPS) is 30.7. The van der Waals surface area contributed by atoms with Crippen LogP contribution in [0.5, 0.6) is 0 Å². The highest BCUT2D eigenvalue weighted by atomic mass is 16.4. The fourth-order valence-electron chi connectivity index (χ4n) is 2.65. The molecule has 0 saturated heterocycles. The minimum Gasteiger partial charge on any atom is -0.481 e. The third-order valence-electron chi connectivity index (χ3n) is 4.52. The number of urea groups is 1. The number of amides is 2. The van der Waals surface area contributed by atoms with Crippen molar-refractivity contribution in [2.24, 2.45) is 17.3 Å². The first-order valence-electron chi connectivity index (χ1n) is 7.27. The van der Waals surface area contributed by atoms with Crippen LogP contribution >= 0.6 is 0 Å². The molecule has 2 aliphatic carbocycles. The third-order valence-corrected chi connectivity index (χ3v) is 4.52. The molecule has 0 atom stereocenters. The lowest BCUT2D eigenvalue weighted by molar-refractivity contribution is -0.151. The third kappa shape index (κ3) is 3.85. The van der Waals surface area contributed by atoms with Crippen LogP contribution in [0, 0.1) is 17.3 Å². The van der Waals surface area contributed by atoms with Gasteiger partial charge in [0.15, 0.2) is 0 Å². The highest BCUT2D eigenvalue weighted by Gasteiger charge is 2.41. The predicted octanol–water partition coefficient (Wildman–Crippen LogP) is 1.98. The number of aliphatic carboxylic acids is 1. The molecule has 2 amide bonds. The Bertz CT molecular complexity index is 345. The number of nitrogens with one attached hydrogen (secondary N) is 2. The van der Waals surface area contributed by atoms with Crippen LogP contribution in [0.3, 0.4) is 0 Å². The molecule has 0 spiro atoms. The van der Waals surface area contributed by atoms with E-state index in [1.165, 1.54) is 12.8 Å². The van der Waals surface area contributed by atoms with Crippen LogP contribution in [0.2, 0.25) is 0 Å². The van der Waals surface area contributed by atoms with Gasteiger partial charge in [0.25, 0.3) is 0 Å². The Morgan fingerprint density at radius 2 is 1.79 bits per heavy atom. The molecular weight excluding hydrogens is 244 g/mol. The summed E-state index contributed by atoms with van der Waals surface area (Å²) in [5.41, 5.74) is -0.760. The monoisotopic (exact) mass is 268 g/mol. The maximum Gasteiger partial charge on any atom is 0.314 e. The van der Waals surface area contributed by atoms with Crippen LogP contribution < -0.4 is 10.6 Å². The van der Waals surface area contributed by atoms with Crippen molar-refractivity contribution in [2.45, 2.75) is 45.4 Å². The van der Waals surface area contributed by atoms with E-state index in [0.29, 0.717) is 31.2 Å². The quantitative estimate of drug-likeness (QED) is 0.713. The molecule has 2 fully saturated rings. The first kappa shape index (κ1) is 14.2. The van der Waals surface area contributed by atoms with Crippen molar-refractivity contribution in [3.63, 3.8) is 0 Å². The van der Waals surface area contributed by atoms with E-state index in [4.69, 9.17) is 0 Å². The van der Waals surface area contributed by atoms with E-state index in [0.717, 1.165) is 12.8 Å². The van der Waals surface area contributed by atoms with Crippen LogP contribution in [-0.2, 0) is 4.79 Å². The van der Waals surface area contributed by atoms with Gasteiger partial charge in [-0.25, -0.2) is 4.79 Å². The van der Waals surface area contributed by atoms with Crippen LogP contribution in [0.25, 0.3) is 0 Å². The molecule has 0 heterocycles. The average Bonchev–Trinajstić information content (AvgIpc) is 3.20. The molecule has 5 heteroatoms. The smallest absolute Gasteiger partial charge is 0.314 e. The minimum atomic E-state index is -0.776. The lowest BCUT2D eigenvalue weighted by Gasteiger charge is -2.35. The second-order valence-corrected chi connectivity index (χ2v) is 6.27. The van der Waals surface area contributed by atoms with Gasteiger partial charge in [0.1, 0.15) is 0 Å². The molecule has 2 saturated carbocycles. The van der Waals surface area contributed by atoms with Crippen molar-refractivity contribution in [1.82, 2.24) is 10.6 Å². The Labute approximate surface area is 114 Å². The summed E-state index contributed by atoms with van der Waals surface area (Å²) in [7, 11) is 0. The van der Waals surface area contributed by atoms with E-state index in [-0.39, 0.29) is 12.6 Å². The second kappa shape index (κ2) is 5.80. The number of carboxylic acids is 1. The van der Waals surface area contributed by atoms with Gasteiger partial charge < -0.3 is 15.7 Å². The summed E-state index contributed by atoms with van der Waals surface area (Å²) in [6, 6.07) is -0.230. The highest BCUT2D eigenvalue weighted by molar-refractivity contribution is 5.78. The molecule has 2 rings (SSSR count). The second-order valence-electron chi connectivity index (χ2n) is 6.27. The number of hydrogen-bond donors (Lipinski definition) is 3. The van der Waals surface area contributed by atoms with Crippen molar-refractivity contribution in [3.8, 4) is 0 Å². The molecular formula is C14H24N2O3. The Morgan fingerprint density at radius 3 is 2.32 bits per heavy atom. The molecule has 0 aliphatic heterocycles. The van der Waals surface area contributed by atoms with Gasteiger partial charge in [0, 0.05) is 13.1 Å². The summed E-state index contributed by atoms with van der Waals surface area (Å²) in [4.78, 5) is 23.1. The molecule has 5 nitrogen and oxygen atoms in total. The van der Waals surface area contributed by atoms with Gasteiger partial charge >= 0.3 is 12.0 Å². The zero-order valence-corrected chi connectivity index (χ0v) is 11.6. The maximum atomic E-state index is 11.6. The van der Waals surface area contributed by atoms with Gasteiger partial charge in [-0.05, 0) is 50.4 Å². The van der Waals surface area contributed by atoms with Gasteiger partial charge in [-0.1, -0.05) is 6.92 Å². The first-order chi connectivity index (χ1) is 9.02. The number of rotatable bonds is 5. The van der Waals surface area contributed by atoms with Crippen LogP contribution in [0.1, 0.15) is 45.4 Å². The summed E-state index contributed by atoms with van der Waals surface area (Å²) in [5.74, 6) is 0.452. The largest absolute Gasteiger partial charge is 0.481 e. The van der Waals surface area contributed by atoms with E-state index >= 15 is 0 Å². The zero-order valence-electron chi connectivity index (χ0n) is 11.6. The summed E-state index contributed by atoms with van der Waals surface area (Å²) < 4.78 is 0. The Balaban J connectivity index is 1.79. The summed E-state index contributed by atoms with van der Waals surface area (Å²) in [6.07, 6.45) is 5.56. The van der Waals surface area contributed by atoms with Crippen molar-refractivity contribution in [1.29, 1.82) is 0 Å². The van der Waals surface area contributed by atoms with Crippen molar-refractivity contribution < 1.29 is 14.7 Å². The highest BCUT2D eigenvalue weighted by Crippen LogP contribution is 2.38. The SMILES string of the molecule is CC1CCC(CNC(=O)NCC2CC2)(C(=O)O)CC1. The summed E-state index contributed by atoms with van der Waals surface area (Å²) in [6.45, 7) is 3.11. The molecule has 0 bridgehead atoms. The van der Waals surface area contributed by atoms with Gasteiger partial charge in [0.05, 0.1) is 5.41 Å².